The number of urea groups is 1. The Morgan fingerprint density at radius 1 is 1.35 bits per heavy atom. The molecule has 0 saturated carbocycles. The molecule has 2 heterocycles. The predicted octanol–water partition coefficient (Wildman–Crippen LogP) is 2.35. The molecule has 0 radical (unpaired) electrons. The number of carbonyl (C=O) groups excluding carboxylic acids is 1. The van der Waals surface area contributed by atoms with E-state index in [-0.39, 0.29) is 12.1 Å². The minimum absolute atomic E-state index is 0.0100. The average molecular weight is 385 g/mol. The van der Waals surface area contributed by atoms with Gasteiger partial charge in [-0.1, -0.05) is 13.8 Å². The Hall–Kier alpha value is -1.34. The minimum Gasteiger partial charge on any atom is -0.383 e. The van der Waals surface area contributed by atoms with Gasteiger partial charge in [0.25, 0.3) is 0 Å². The van der Waals surface area contributed by atoms with Crippen LogP contribution in [0.25, 0.3) is 0 Å². The molecule has 1 aliphatic rings. The molecule has 23 heavy (non-hydrogen) atoms. The summed E-state index contributed by atoms with van der Waals surface area (Å²) in [5, 5.41) is 3.07. The zero-order valence-electron chi connectivity index (χ0n) is 14.0. The monoisotopic (exact) mass is 384 g/mol. The van der Waals surface area contributed by atoms with Gasteiger partial charge in [-0.3, -0.25) is 0 Å². The van der Waals surface area contributed by atoms with Crippen LogP contribution in [0.2, 0.25) is 0 Å². The van der Waals surface area contributed by atoms with E-state index in [1.54, 1.807) is 13.3 Å². The molecule has 0 spiro atoms. The summed E-state index contributed by atoms with van der Waals surface area (Å²) in [5.41, 5.74) is 0. The van der Waals surface area contributed by atoms with E-state index in [1.165, 1.54) is 0 Å². The number of nitrogens with one attached hydrogen (secondary N) is 1. The number of hydrogen-bond donors (Lipinski definition) is 1. The smallest absolute Gasteiger partial charge is 0.317 e. The Balaban J connectivity index is 1.85. The van der Waals surface area contributed by atoms with Crippen LogP contribution in [0, 0.1) is 5.92 Å². The van der Waals surface area contributed by atoms with Crippen LogP contribution < -0.4 is 10.2 Å². The van der Waals surface area contributed by atoms with Crippen LogP contribution in [-0.2, 0) is 4.74 Å². The van der Waals surface area contributed by atoms with Crippen molar-refractivity contribution in [2.75, 3.05) is 44.8 Å². The number of piperazine rings is 1. The Morgan fingerprint density at radius 2 is 2.04 bits per heavy atom. The lowest BCUT2D eigenvalue weighted by molar-refractivity contribution is 0.138. The molecule has 0 aromatic carbocycles. The Labute approximate surface area is 146 Å². The van der Waals surface area contributed by atoms with E-state index < -0.39 is 0 Å². The van der Waals surface area contributed by atoms with E-state index in [4.69, 9.17) is 4.74 Å². The van der Waals surface area contributed by atoms with E-state index in [1.807, 2.05) is 17.0 Å². The largest absolute Gasteiger partial charge is 0.383 e. The lowest BCUT2D eigenvalue weighted by atomic mass is 10.1. The number of methoxy groups -OCH3 is 1. The summed E-state index contributed by atoms with van der Waals surface area (Å²) in [6.45, 7) is 7.68. The predicted molar refractivity (Wildman–Crippen MR) is 94.8 cm³/mol. The minimum atomic E-state index is -0.0100. The third kappa shape index (κ3) is 5.07. The quantitative estimate of drug-likeness (QED) is 0.846. The summed E-state index contributed by atoms with van der Waals surface area (Å²) >= 11 is 3.39. The average Bonchev–Trinajstić information content (AvgIpc) is 2.55. The fourth-order valence-electron chi connectivity index (χ4n) is 2.52. The zero-order valence-corrected chi connectivity index (χ0v) is 15.5. The topological polar surface area (TPSA) is 57.7 Å². The molecule has 1 aliphatic heterocycles. The second kappa shape index (κ2) is 8.49. The van der Waals surface area contributed by atoms with Gasteiger partial charge < -0.3 is 19.9 Å². The molecule has 1 fully saturated rings. The maximum atomic E-state index is 12.4. The molecule has 1 aromatic heterocycles. The van der Waals surface area contributed by atoms with Gasteiger partial charge in [-0.15, -0.1) is 0 Å². The normalized spacial score (nSPS) is 16.6. The molecular formula is C16H25BrN4O2. The summed E-state index contributed by atoms with van der Waals surface area (Å²) in [6.07, 6.45) is 1.80. The van der Waals surface area contributed by atoms with Crippen molar-refractivity contribution in [3.05, 3.63) is 22.8 Å². The second-order valence-electron chi connectivity index (χ2n) is 6.06. The number of ether oxygens (including phenoxy) is 1. The van der Waals surface area contributed by atoms with Crippen molar-refractivity contribution in [3.8, 4) is 0 Å². The number of halogens is 1. The fraction of sp³-hybridized carbons (Fsp3) is 0.625. The maximum Gasteiger partial charge on any atom is 0.317 e. The second-order valence-corrected chi connectivity index (χ2v) is 6.98. The molecule has 1 N–H and O–H groups in total. The molecular weight excluding hydrogens is 360 g/mol. The van der Waals surface area contributed by atoms with Gasteiger partial charge in [0.1, 0.15) is 5.82 Å². The standard InChI is InChI=1S/C16H25BrN4O2/c1-12(2)14(11-23-3)19-16(22)21-8-6-20(7-9-21)15-5-4-13(17)10-18-15/h4-5,10,12,14H,6-9,11H2,1-3H3,(H,19,22). The highest BCUT2D eigenvalue weighted by atomic mass is 79.9. The fourth-order valence-corrected chi connectivity index (χ4v) is 2.76. The number of pyridine rings is 1. The molecule has 1 unspecified atom stereocenters. The number of rotatable bonds is 5. The number of nitrogens with zero attached hydrogens (tertiary/aromatic N) is 3. The first-order valence-electron chi connectivity index (χ1n) is 7.92. The molecule has 6 nitrogen and oxygen atoms in total. The lowest BCUT2D eigenvalue weighted by Gasteiger charge is -2.36. The van der Waals surface area contributed by atoms with Gasteiger partial charge >= 0.3 is 6.03 Å². The Morgan fingerprint density at radius 3 is 2.57 bits per heavy atom. The van der Waals surface area contributed by atoms with Crippen LogP contribution in [-0.4, -0.2) is 61.9 Å². The molecule has 1 atom stereocenters. The van der Waals surface area contributed by atoms with Crippen molar-refractivity contribution in [1.29, 1.82) is 0 Å². The number of aromatic nitrogens is 1. The van der Waals surface area contributed by atoms with Crippen LogP contribution in [0.5, 0.6) is 0 Å². The van der Waals surface area contributed by atoms with Gasteiger partial charge in [0, 0.05) is 44.0 Å². The van der Waals surface area contributed by atoms with Gasteiger partial charge in [0.2, 0.25) is 0 Å². The van der Waals surface area contributed by atoms with E-state index in [9.17, 15) is 4.79 Å². The third-order valence-electron chi connectivity index (χ3n) is 4.06. The van der Waals surface area contributed by atoms with E-state index in [2.05, 4.69) is 45.0 Å². The van der Waals surface area contributed by atoms with Crippen LogP contribution >= 0.6 is 15.9 Å². The SMILES string of the molecule is COCC(NC(=O)N1CCN(c2ccc(Br)cn2)CC1)C(C)C. The molecule has 0 bridgehead atoms. The van der Waals surface area contributed by atoms with Crippen molar-refractivity contribution >= 4 is 27.8 Å². The number of amides is 2. The van der Waals surface area contributed by atoms with Crippen molar-refractivity contribution in [2.45, 2.75) is 19.9 Å². The van der Waals surface area contributed by atoms with Crippen LogP contribution in [0.15, 0.2) is 22.8 Å². The molecule has 0 aliphatic carbocycles. The summed E-state index contributed by atoms with van der Waals surface area (Å²) in [6, 6.07) is 4.01. The van der Waals surface area contributed by atoms with Crippen LogP contribution in [0.4, 0.5) is 10.6 Å². The number of hydrogen-bond acceptors (Lipinski definition) is 4. The summed E-state index contributed by atoms with van der Waals surface area (Å²) in [7, 11) is 1.66. The first-order chi connectivity index (χ1) is 11.0. The van der Waals surface area contributed by atoms with Gasteiger partial charge in [0.05, 0.1) is 12.6 Å². The Kier molecular flexibility index (Phi) is 6.65. The first-order valence-corrected chi connectivity index (χ1v) is 8.71. The molecule has 2 amide bonds. The lowest BCUT2D eigenvalue weighted by Crippen LogP contribution is -2.55. The highest BCUT2D eigenvalue weighted by molar-refractivity contribution is 9.10. The third-order valence-corrected chi connectivity index (χ3v) is 4.53. The van der Waals surface area contributed by atoms with E-state index in [0.29, 0.717) is 25.6 Å². The number of carbonyl (C=O) groups is 1. The maximum absolute atomic E-state index is 12.4. The highest BCUT2D eigenvalue weighted by Crippen LogP contribution is 2.16. The summed E-state index contributed by atoms with van der Waals surface area (Å²) in [5.74, 6) is 1.29. The van der Waals surface area contributed by atoms with Gasteiger partial charge in [-0.2, -0.15) is 0 Å². The highest BCUT2D eigenvalue weighted by Gasteiger charge is 2.24. The molecule has 128 valence electrons. The van der Waals surface area contributed by atoms with Gasteiger partial charge in [0.15, 0.2) is 0 Å². The summed E-state index contributed by atoms with van der Waals surface area (Å²) in [4.78, 5) is 20.9. The first kappa shape index (κ1) is 18.0. The Bertz CT molecular complexity index is 501. The van der Waals surface area contributed by atoms with E-state index in [0.717, 1.165) is 23.4 Å². The zero-order chi connectivity index (χ0) is 16.8. The molecule has 2 rings (SSSR count). The van der Waals surface area contributed by atoms with Crippen molar-refractivity contribution in [2.24, 2.45) is 5.92 Å². The van der Waals surface area contributed by atoms with Crippen molar-refractivity contribution < 1.29 is 9.53 Å². The van der Waals surface area contributed by atoms with Crippen LogP contribution in [0.1, 0.15) is 13.8 Å². The summed E-state index contributed by atoms with van der Waals surface area (Å²) < 4.78 is 6.15. The number of anilines is 1. The van der Waals surface area contributed by atoms with Gasteiger partial charge in [-0.25, -0.2) is 9.78 Å². The van der Waals surface area contributed by atoms with Gasteiger partial charge in [-0.05, 0) is 34.0 Å². The van der Waals surface area contributed by atoms with Crippen LogP contribution in [0.3, 0.4) is 0 Å². The van der Waals surface area contributed by atoms with Crippen molar-refractivity contribution in [1.82, 2.24) is 15.2 Å². The van der Waals surface area contributed by atoms with Crippen molar-refractivity contribution in [3.63, 3.8) is 0 Å². The molecule has 7 heteroatoms. The van der Waals surface area contributed by atoms with E-state index >= 15 is 0 Å². The molecule has 1 aromatic rings. The molecule has 1 saturated heterocycles.